The van der Waals surface area contributed by atoms with Gasteiger partial charge in [-0.05, 0) is 6.08 Å². The molecule has 0 rings (SSSR count). The van der Waals surface area contributed by atoms with Crippen LogP contribution in [0.2, 0.25) is 0 Å². The van der Waals surface area contributed by atoms with Crippen LogP contribution in [0.15, 0.2) is 24.9 Å². The van der Waals surface area contributed by atoms with Crippen LogP contribution in [-0.4, -0.2) is 11.8 Å². The van der Waals surface area contributed by atoms with Gasteiger partial charge in [-0.1, -0.05) is 13.2 Å². The van der Waals surface area contributed by atoms with E-state index in [1.165, 1.54) is 0 Å². The molecule has 0 unspecified atom stereocenters. The highest BCUT2D eigenvalue weighted by Crippen LogP contribution is 1.85. The highest BCUT2D eigenvalue weighted by Gasteiger charge is 2.02. The molecule has 0 fully saturated rings. The summed E-state index contributed by atoms with van der Waals surface area (Å²) in [6.45, 7) is 6.42. The molecule has 2 amide bonds. The smallest absolute Gasteiger partial charge is 0.316 e. The van der Waals surface area contributed by atoms with Crippen molar-refractivity contribution in [2.24, 2.45) is 5.73 Å². The summed E-state index contributed by atoms with van der Waals surface area (Å²) in [6, 6.07) is -0.805. The number of carbonyl (C=O) groups is 2. The van der Waals surface area contributed by atoms with Crippen LogP contribution < -0.4 is 11.1 Å². The van der Waals surface area contributed by atoms with E-state index in [2.05, 4.69) is 18.9 Å². The van der Waals surface area contributed by atoms with Gasteiger partial charge in [-0.3, -0.25) is 4.79 Å². The van der Waals surface area contributed by atoms with E-state index >= 15 is 0 Å². The maximum atomic E-state index is 10.6. The molecule has 0 bridgehead atoms. The Labute approximate surface area is 58.4 Å². The summed E-state index contributed by atoms with van der Waals surface area (Å²) in [6.07, 6.45) is 1.04. The number of primary amides is 1. The maximum Gasteiger partial charge on any atom is 0.316 e. The summed E-state index contributed by atoms with van der Waals surface area (Å²) in [7, 11) is 0. The molecule has 4 heteroatoms. The lowest BCUT2D eigenvalue weighted by molar-refractivity contribution is -0.111. The van der Waals surface area contributed by atoms with Crippen LogP contribution in [0.4, 0.5) is 4.79 Å². The number of nitrogens with two attached hydrogens (primary N) is 1. The largest absolute Gasteiger partial charge is 0.351 e. The lowest BCUT2D eigenvalue weighted by atomic mass is 10.3. The number of amides is 2. The number of hydrogen-bond donors (Lipinski definition) is 2. The van der Waals surface area contributed by atoms with Crippen molar-refractivity contribution in [2.45, 2.75) is 0 Å². The molecule has 0 atom stereocenters. The Balaban J connectivity index is 3.98. The van der Waals surface area contributed by atoms with Crippen molar-refractivity contribution in [2.75, 3.05) is 0 Å². The molecule has 4 nitrogen and oxygen atoms in total. The summed E-state index contributed by atoms with van der Waals surface area (Å²) in [5.41, 5.74) is 4.62. The fourth-order valence-electron chi connectivity index (χ4n) is 0.334. The molecule has 54 valence electrons. The molecule has 0 radical (unpaired) electrons. The van der Waals surface area contributed by atoms with Crippen LogP contribution in [0.25, 0.3) is 0 Å². The van der Waals surface area contributed by atoms with E-state index in [0.29, 0.717) is 0 Å². The minimum atomic E-state index is -0.805. The van der Waals surface area contributed by atoms with Crippen molar-refractivity contribution in [1.82, 2.24) is 5.32 Å². The SMILES string of the molecule is C=CC(=O)C(=C)NC(N)=O. The zero-order chi connectivity index (χ0) is 8.15. The zero-order valence-corrected chi connectivity index (χ0v) is 5.39. The number of ketones is 1. The van der Waals surface area contributed by atoms with E-state index in [1.54, 1.807) is 0 Å². The first-order valence-electron chi connectivity index (χ1n) is 2.50. The summed E-state index contributed by atoms with van der Waals surface area (Å²) >= 11 is 0. The van der Waals surface area contributed by atoms with Crippen LogP contribution in [-0.2, 0) is 4.79 Å². The molecule has 0 heterocycles. The summed E-state index contributed by atoms with van der Waals surface area (Å²) in [5, 5.41) is 2.02. The Hall–Kier alpha value is -1.58. The van der Waals surface area contributed by atoms with E-state index in [0.717, 1.165) is 6.08 Å². The Bertz CT molecular complexity index is 196. The van der Waals surface area contributed by atoms with Crippen molar-refractivity contribution >= 4 is 11.8 Å². The van der Waals surface area contributed by atoms with Gasteiger partial charge in [-0.2, -0.15) is 0 Å². The average Bonchev–Trinajstić information content (AvgIpc) is 1.85. The molecule has 0 spiro atoms. The molecule has 3 N–H and O–H groups in total. The molecule has 0 aliphatic heterocycles. The lowest BCUT2D eigenvalue weighted by Crippen LogP contribution is -2.30. The number of urea groups is 1. The minimum Gasteiger partial charge on any atom is -0.351 e. The number of nitrogens with one attached hydrogen (secondary N) is 1. The zero-order valence-electron chi connectivity index (χ0n) is 5.39. The number of hydrogen-bond acceptors (Lipinski definition) is 2. The predicted octanol–water partition coefficient (Wildman–Crippen LogP) is -0.0765. The van der Waals surface area contributed by atoms with Gasteiger partial charge in [0.15, 0.2) is 0 Å². The van der Waals surface area contributed by atoms with E-state index in [1.807, 2.05) is 5.32 Å². The van der Waals surface area contributed by atoms with Crippen LogP contribution in [0.1, 0.15) is 0 Å². The molecule has 0 aromatic carbocycles. The molecule has 0 saturated carbocycles. The Morgan fingerprint density at radius 3 is 2.30 bits per heavy atom. The van der Waals surface area contributed by atoms with E-state index < -0.39 is 11.8 Å². The molecule has 0 aliphatic rings. The molecule has 0 aromatic rings. The van der Waals surface area contributed by atoms with E-state index in [9.17, 15) is 9.59 Å². The van der Waals surface area contributed by atoms with Gasteiger partial charge in [0, 0.05) is 0 Å². The van der Waals surface area contributed by atoms with E-state index in [4.69, 9.17) is 0 Å². The highest BCUT2D eigenvalue weighted by molar-refractivity contribution is 6.04. The quantitative estimate of drug-likeness (QED) is 0.538. The number of carbonyl (C=O) groups excluding carboxylic acids is 2. The highest BCUT2D eigenvalue weighted by atomic mass is 16.2. The van der Waals surface area contributed by atoms with Crippen molar-refractivity contribution in [3.05, 3.63) is 24.9 Å². The second-order valence-electron chi connectivity index (χ2n) is 1.54. The molecule has 10 heavy (non-hydrogen) atoms. The monoisotopic (exact) mass is 140 g/mol. The van der Waals surface area contributed by atoms with Gasteiger partial charge >= 0.3 is 6.03 Å². The maximum absolute atomic E-state index is 10.6. The fourth-order valence-corrected chi connectivity index (χ4v) is 0.334. The average molecular weight is 140 g/mol. The molecular formula is C6H8N2O2. The van der Waals surface area contributed by atoms with Crippen LogP contribution in [0.5, 0.6) is 0 Å². The Morgan fingerprint density at radius 2 is 2.00 bits per heavy atom. The van der Waals surface area contributed by atoms with Gasteiger partial charge in [0.05, 0.1) is 5.70 Å². The van der Waals surface area contributed by atoms with Crippen molar-refractivity contribution in [3.63, 3.8) is 0 Å². The third-order valence-corrected chi connectivity index (χ3v) is 0.757. The first-order valence-corrected chi connectivity index (χ1v) is 2.50. The van der Waals surface area contributed by atoms with Gasteiger partial charge in [-0.25, -0.2) is 4.79 Å². The van der Waals surface area contributed by atoms with Gasteiger partial charge in [0.2, 0.25) is 5.78 Å². The number of rotatable bonds is 3. The van der Waals surface area contributed by atoms with Crippen LogP contribution in [0, 0.1) is 0 Å². The molecule has 0 aromatic heterocycles. The minimum absolute atomic E-state index is 0.0671. The van der Waals surface area contributed by atoms with Crippen LogP contribution in [0.3, 0.4) is 0 Å². The molecule has 0 aliphatic carbocycles. The van der Waals surface area contributed by atoms with Crippen molar-refractivity contribution < 1.29 is 9.59 Å². The van der Waals surface area contributed by atoms with Gasteiger partial charge < -0.3 is 11.1 Å². The normalized spacial score (nSPS) is 8.00. The van der Waals surface area contributed by atoms with Gasteiger partial charge in [0.1, 0.15) is 0 Å². The van der Waals surface area contributed by atoms with Crippen molar-refractivity contribution in [3.8, 4) is 0 Å². The summed E-state index contributed by atoms with van der Waals surface area (Å²) < 4.78 is 0. The number of allylic oxidation sites excluding steroid dienone is 1. The lowest BCUT2D eigenvalue weighted by Gasteiger charge is -1.98. The fraction of sp³-hybridized carbons (Fsp3) is 0. The summed E-state index contributed by atoms with van der Waals surface area (Å²) in [5.74, 6) is -0.446. The van der Waals surface area contributed by atoms with Crippen molar-refractivity contribution in [1.29, 1.82) is 0 Å². The predicted molar refractivity (Wildman–Crippen MR) is 37.1 cm³/mol. The first kappa shape index (κ1) is 8.42. The Morgan fingerprint density at radius 1 is 1.50 bits per heavy atom. The van der Waals surface area contributed by atoms with Crippen LogP contribution >= 0.6 is 0 Å². The third-order valence-electron chi connectivity index (χ3n) is 0.757. The molecule has 0 saturated heterocycles. The molecular weight excluding hydrogens is 132 g/mol. The van der Waals surface area contributed by atoms with Gasteiger partial charge in [0.25, 0.3) is 0 Å². The third kappa shape index (κ3) is 2.66. The second-order valence-corrected chi connectivity index (χ2v) is 1.54. The standard InChI is InChI=1S/C6H8N2O2/c1-3-5(9)4(2)8-6(7)10/h3H,1-2H2,(H3,7,8,10). The topological polar surface area (TPSA) is 72.2 Å². The first-order chi connectivity index (χ1) is 4.57. The second kappa shape index (κ2) is 3.45. The van der Waals surface area contributed by atoms with E-state index in [-0.39, 0.29) is 5.70 Å². The van der Waals surface area contributed by atoms with Gasteiger partial charge in [-0.15, -0.1) is 0 Å². The summed E-state index contributed by atoms with van der Waals surface area (Å²) in [4.78, 5) is 20.7. The Kier molecular flexibility index (Phi) is 2.90.